The molecule has 1 aliphatic carbocycles. The van der Waals surface area contributed by atoms with Gasteiger partial charge in [-0.15, -0.1) is 0 Å². The van der Waals surface area contributed by atoms with Crippen LogP contribution >= 0.6 is 0 Å². The van der Waals surface area contributed by atoms with Crippen molar-refractivity contribution < 1.29 is 4.79 Å². The lowest BCUT2D eigenvalue weighted by molar-refractivity contribution is -0.118. The van der Waals surface area contributed by atoms with Crippen molar-refractivity contribution in [3.8, 4) is 0 Å². The van der Waals surface area contributed by atoms with E-state index in [4.69, 9.17) is 0 Å². The Morgan fingerprint density at radius 1 is 1.19 bits per heavy atom. The second-order valence-corrected chi connectivity index (χ2v) is 7.40. The molecule has 0 aliphatic heterocycles. The van der Waals surface area contributed by atoms with E-state index in [1.165, 1.54) is 5.56 Å². The van der Waals surface area contributed by atoms with Gasteiger partial charge in [0.15, 0.2) is 5.78 Å². The van der Waals surface area contributed by atoms with E-state index in [1.54, 1.807) is 0 Å². The van der Waals surface area contributed by atoms with Gasteiger partial charge in [0.05, 0.1) is 0 Å². The molecule has 0 aromatic heterocycles. The molecule has 0 bridgehead atoms. The number of allylic oxidation sites excluding steroid dienone is 1. The summed E-state index contributed by atoms with van der Waals surface area (Å²) in [5, 5.41) is 0. The molecule has 0 heterocycles. The summed E-state index contributed by atoms with van der Waals surface area (Å²) in [4.78, 5) is 14.5. The van der Waals surface area contributed by atoms with Crippen molar-refractivity contribution in [2.24, 2.45) is 5.92 Å². The number of carbonyl (C=O) groups is 1. The monoisotopic (exact) mass is 285 g/mol. The SMILES string of the molecule is CN(C)CC1CCC(=Cc2ccc(C(C)(C)C)cc2)C1=O. The smallest absolute Gasteiger partial charge is 0.163 e. The van der Waals surface area contributed by atoms with Gasteiger partial charge in [-0.2, -0.15) is 0 Å². The van der Waals surface area contributed by atoms with E-state index in [0.717, 1.165) is 30.5 Å². The Hall–Kier alpha value is -1.41. The maximum atomic E-state index is 12.4. The molecular weight excluding hydrogens is 258 g/mol. The van der Waals surface area contributed by atoms with Crippen molar-refractivity contribution in [2.45, 2.75) is 39.0 Å². The maximum Gasteiger partial charge on any atom is 0.163 e. The van der Waals surface area contributed by atoms with Crippen molar-refractivity contribution in [2.75, 3.05) is 20.6 Å². The average Bonchev–Trinajstić information content (AvgIpc) is 2.70. The van der Waals surface area contributed by atoms with Gasteiger partial charge in [0.25, 0.3) is 0 Å². The number of carbonyl (C=O) groups excluding carboxylic acids is 1. The summed E-state index contributed by atoms with van der Waals surface area (Å²) < 4.78 is 0. The summed E-state index contributed by atoms with van der Waals surface area (Å²) in [6, 6.07) is 8.59. The van der Waals surface area contributed by atoms with Crippen LogP contribution in [-0.2, 0) is 10.2 Å². The lowest BCUT2D eigenvalue weighted by Crippen LogP contribution is -2.24. The molecule has 2 heteroatoms. The van der Waals surface area contributed by atoms with Gasteiger partial charge >= 0.3 is 0 Å². The molecule has 2 rings (SSSR count). The van der Waals surface area contributed by atoms with E-state index in [-0.39, 0.29) is 11.3 Å². The molecule has 0 spiro atoms. The first-order chi connectivity index (χ1) is 9.77. The second kappa shape index (κ2) is 6.15. The number of Topliss-reactive ketones (excluding diaryl/α,β-unsaturated/α-hetero) is 1. The Labute approximate surface area is 128 Å². The second-order valence-electron chi connectivity index (χ2n) is 7.40. The minimum absolute atomic E-state index is 0.172. The van der Waals surface area contributed by atoms with Crippen LogP contribution in [0.1, 0.15) is 44.7 Å². The number of benzene rings is 1. The lowest BCUT2D eigenvalue weighted by atomic mass is 9.86. The first kappa shape index (κ1) is 16.0. The van der Waals surface area contributed by atoms with Crippen LogP contribution in [0, 0.1) is 5.92 Å². The van der Waals surface area contributed by atoms with Gasteiger partial charge in [-0.3, -0.25) is 4.79 Å². The largest absolute Gasteiger partial charge is 0.309 e. The van der Waals surface area contributed by atoms with Crippen LogP contribution in [0.3, 0.4) is 0 Å². The molecular formula is C19H27NO. The van der Waals surface area contributed by atoms with Crippen LogP contribution in [0.4, 0.5) is 0 Å². The summed E-state index contributed by atoms with van der Waals surface area (Å²) in [6.45, 7) is 7.51. The zero-order valence-electron chi connectivity index (χ0n) is 13.9. The Balaban J connectivity index is 2.12. The van der Waals surface area contributed by atoms with E-state index < -0.39 is 0 Å². The predicted octanol–water partition coefficient (Wildman–Crippen LogP) is 3.91. The minimum atomic E-state index is 0.172. The molecule has 0 radical (unpaired) electrons. The molecule has 114 valence electrons. The zero-order valence-corrected chi connectivity index (χ0v) is 13.9. The van der Waals surface area contributed by atoms with Gasteiger partial charge in [0.2, 0.25) is 0 Å². The summed E-state index contributed by atoms with van der Waals surface area (Å²) in [5.74, 6) is 0.517. The van der Waals surface area contributed by atoms with E-state index in [0.29, 0.717) is 5.78 Å². The predicted molar refractivity (Wildman–Crippen MR) is 89.4 cm³/mol. The molecule has 1 fully saturated rings. The van der Waals surface area contributed by atoms with E-state index in [1.807, 2.05) is 14.1 Å². The first-order valence-electron chi connectivity index (χ1n) is 7.77. The highest BCUT2D eigenvalue weighted by Gasteiger charge is 2.29. The highest BCUT2D eigenvalue weighted by atomic mass is 16.1. The summed E-state index contributed by atoms with van der Waals surface area (Å²) in [6.07, 6.45) is 3.98. The molecule has 0 saturated heterocycles. The minimum Gasteiger partial charge on any atom is -0.309 e. The van der Waals surface area contributed by atoms with E-state index >= 15 is 0 Å². The van der Waals surface area contributed by atoms with Crippen LogP contribution < -0.4 is 0 Å². The summed E-state index contributed by atoms with van der Waals surface area (Å²) >= 11 is 0. The van der Waals surface area contributed by atoms with E-state index in [2.05, 4.69) is 56.0 Å². The Morgan fingerprint density at radius 2 is 1.81 bits per heavy atom. The van der Waals surface area contributed by atoms with Gasteiger partial charge < -0.3 is 4.90 Å². The number of nitrogens with zero attached hydrogens (tertiary/aromatic N) is 1. The van der Waals surface area contributed by atoms with Crippen LogP contribution in [0.25, 0.3) is 6.08 Å². The van der Waals surface area contributed by atoms with Crippen LogP contribution in [0.15, 0.2) is 29.8 Å². The van der Waals surface area contributed by atoms with Gasteiger partial charge in [0, 0.05) is 12.5 Å². The van der Waals surface area contributed by atoms with Crippen LogP contribution in [-0.4, -0.2) is 31.3 Å². The molecule has 21 heavy (non-hydrogen) atoms. The molecule has 0 amide bonds. The number of hydrogen-bond donors (Lipinski definition) is 0. The van der Waals surface area contributed by atoms with Crippen LogP contribution in [0.2, 0.25) is 0 Å². The third kappa shape index (κ3) is 4.04. The van der Waals surface area contributed by atoms with Crippen LogP contribution in [0.5, 0.6) is 0 Å². The van der Waals surface area contributed by atoms with Crippen molar-refractivity contribution in [1.29, 1.82) is 0 Å². The molecule has 2 nitrogen and oxygen atoms in total. The molecule has 1 aromatic carbocycles. The number of hydrogen-bond acceptors (Lipinski definition) is 2. The van der Waals surface area contributed by atoms with E-state index in [9.17, 15) is 4.79 Å². The van der Waals surface area contributed by atoms with Gasteiger partial charge in [-0.05, 0) is 55.1 Å². The van der Waals surface area contributed by atoms with Gasteiger partial charge in [0.1, 0.15) is 0 Å². The zero-order chi connectivity index (χ0) is 15.6. The molecule has 1 unspecified atom stereocenters. The highest BCUT2D eigenvalue weighted by Crippen LogP contribution is 2.29. The van der Waals surface area contributed by atoms with Gasteiger partial charge in [-0.25, -0.2) is 0 Å². The van der Waals surface area contributed by atoms with Crippen molar-refractivity contribution in [3.05, 3.63) is 41.0 Å². The Kier molecular flexibility index (Phi) is 4.67. The third-order valence-electron chi connectivity index (χ3n) is 4.15. The quantitative estimate of drug-likeness (QED) is 0.785. The normalized spacial score (nSPS) is 21.5. The standard InChI is InChI=1S/C19H27NO/c1-19(2,3)17-10-6-14(7-11-17)12-15-8-9-16(18(15)21)13-20(4)5/h6-7,10-12,16H,8-9,13H2,1-5H3. The third-order valence-corrected chi connectivity index (χ3v) is 4.15. The fourth-order valence-electron chi connectivity index (χ4n) is 2.89. The first-order valence-corrected chi connectivity index (χ1v) is 7.77. The molecule has 0 N–H and O–H groups in total. The summed E-state index contributed by atoms with van der Waals surface area (Å²) in [5.41, 5.74) is 3.63. The number of rotatable bonds is 3. The van der Waals surface area contributed by atoms with Crippen molar-refractivity contribution in [3.63, 3.8) is 0 Å². The fraction of sp³-hybridized carbons (Fsp3) is 0.526. The Bertz CT molecular complexity index is 532. The van der Waals surface area contributed by atoms with Gasteiger partial charge in [-0.1, -0.05) is 45.0 Å². The molecule has 1 aliphatic rings. The van der Waals surface area contributed by atoms with Crippen molar-refractivity contribution >= 4 is 11.9 Å². The average molecular weight is 285 g/mol. The Morgan fingerprint density at radius 3 is 2.33 bits per heavy atom. The van der Waals surface area contributed by atoms with Crippen molar-refractivity contribution in [1.82, 2.24) is 4.90 Å². The highest BCUT2D eigenvalue weighted by molar-refractivity contribution is 6.03. The maximum absolute atomic E-state index is 12.4. The fourth-order valence-corrected chi connectivity index (χ4v) is 2.89. The topological polar surface area (TPSA) is 20.3 Å². The number of ketones is 1. The molecule has 1 saturated carbocycles. The summed E-state index contributed by atoms with van der Waals surface area (Å²) in [7, 11) is 4.06. The molecule has 1 aromatic rings. The lowest BCUT2D eigenvalue weighted by Gasteiger charge is -2.18. The molecule has 1 atom stereocenters.